The third-order valence-corrected chi connectivity index (χ3v) is 2.94. The van der Waals surface area contributed by atoms with E-state index >= 15 is 0 Å². The van der Waals surface area contributed by atoms with Crippen LogP contribution in [0.2, 0.25) is 0 Å². The molecule has 0 amide bonds. The molecule has 0 unspecified atom stereocenters. The van der Waals surface area contributed by atoms with Crippen molar-refractivity contribution in [2.45, 2.75) is 32.7 Å². The Labute approximate surface area is 85.0 Å². The van der Waals surface area contributed by atoms with Crippen molar-refractivity contribution < 1.29 is 5.11 Å². The summed E-state index contributed by atoms with van der Waals surface area (Å²) in [6.45, 7) is 4.20. The molecule has 0 aliphatic heterocycles. The minimum absolute atomic E-state index is 0.373. The minimum Gasteiger partial charge on any atom is -0.508 e. The van der Waals surface area contributed by atoms with Crippen LogP contribution in [0.25, 0.3) is 0 Å². The van der Waals surface area contributed by atoms with Crippen molar-refractivity contribution >= 4 is 5.69 Å². The van der Waals surface area contributed by atoms with Gasteiger partial charge < -0.3 is 10.4 Å². The molecule has 2 N–H and O–H groups in total. The molecule has 0 spiro atoms. The van der Waals surface area contributed by atoms with Crippen molar-refractivity contribution in [3.8, 4) is 5.75 Å². The van der Waals surface area contributed by atoms with Crippen LogP contribution in [-0.2, 0) is 0 Å². The summed E-state index contributed by atoms with van der Waals surface area (Å²) in [5.74, 6) is 1.24. The third kappa shape index (κ3) is 1.84. The van der Waals surface area contributed by atoms with Crippen LogP contribution in [0.3, 0.4) is 0 Å². The SMILES string of the molecule is Cc1cc(NC2CC(C)C2)ccc1O. The summed E-state index contributed by atoms with van der Waals surface area (Å²) in [4.78, 5) is 0. The first-order chi connectivity index (χ1) is 6.65. The molecule has 0 aromatic heterocycles. The Morgan fingerprint density at radius 1 is 1.36 bits per heavy atom. The van der Waals surface area contributed by atoms with Crippen molar-refractivity contribution in [3.05, 3.63) is 23.8 Å². The molecule has 1 aliphatic carbocycles. The normalized spacial score (nSPS) is 25.6. The fourth-order valence-corrected chi connectivity index (χ4v) is 2.00. The molecule has 1 aromatic carbocycles. The molecule has 1 aromatic rings. The minimum atomic E-state index is 0.373. The number of benzene rings is 1. The molecule has 0 bridgehead atoms. The monoisotopic (exact) mass is 191 g/mol. The van der Waals surface area contributed by atoms with Crippen LogP contribution in [0.5, 0.6) is 5.75 Å². The fraction of sp³-hybridized carbons (Fsp3) is 0.500. The maximum atomic E-state index is 9.36. The number of anilines is 1. The molecule has 0 saturated heterocycles. The zero-order chi connectivity index (χ0) is 10.1. The summed E-state index contributed by atoms with van der Waals surface area (Å²) in [5.41, 5.74) is 2.06. The highest BCUT2D eigenvalue weighted by Crippen LogP contribution is 2.30. The number of aryl methyl sites for hydroxylation is 1. The Morgan fingerprint density at radius 2 is 2.07 bits per heavy atom. The van der Waals surface area contributed by atoms with Crippen LogP contribution < -0.4 is 5.32 Å². The van der Waals surface area contributed by atoms with Crippen molar-refractivity contribution in [3.63, 3.8) is 0 Å². The van der Waals surface area contributed by atoms with E-state index in [0.717, 1.165) is 17.2 Å². The third-order valence-electron chi connectivity index (χ3n) is 2.94. The number of hydrogen-bond acceptors (Lipinski definition) is 2. The Kier molecular flexibility index (Phi) is 2.36. The summed E-state index contributed by atoms with van der Waals surface area (Å²) >= 11 is 0. The van der Waals surface area contributed by atoms with Crippen LogP contribution in [0.1, 0.15) is 25.3 Å². The summed E-state index contributed by atoms with van der Waals surface area (Å²) in [6, 6.07) is 6.32. The number of phenols is 1. The van der Waals surface area contributed by atoms with E-state index in [2.05, 4.69) is 12.2 Å². The van der Waals surface area contributed by atoms with Gasteiger partial charge in [0, 0.05) is 11.7 Å². The molecule has 0 atom stereocenters. The van der Waals surface area contributed by atoms with Crippen LogP contribution in [0, 0.1) is 12.8 Å². The molecule has 0 radical (unpaired) electrons. The average molecular weight is 191 g/mol. The van der Waals surface area contributed by atoms with Gasteiger partial charge >= 0.3 is 0 Å². The van der Waals surface area contributed by atoms with Gasteiger partial charge in [0.05, 0.1) is 0 Å². The van der Waals surface area contributed by atoms with Crippen LogP contribution in [0.4, 0.5) is 5.69 Å². The molecule has 2 heteroatoms. The molecule has 14 heavy (non-hydrogen) atoms. The average Bonchev–Trinajstić information content (AvgIpc) is 2.09. The van der Waals surface area contributed by atoms with Gasteiger partial charge in [-0.25, -0.2) is 0 Å². The quantitative estimate of drug-likeness (QED) is 0.704. The number of phenolic OH excluding ortho intramolecular Hbond substituents is 1. The molecular weight excluding hydrogens is 174 g/mol. The highest BCUT2D eigenvalue weighted by molar-refractivity contribution is 5.51. The molecule has 1 aliphatic rings. The predicted molar refractivity (Wildman–Crippen MR) is 58.7 cm³/mol. The van der Waals surface area contributed by atoms with Gasteiger partial charge in [0.15, 0.2) is 0 Å². The van der Waals surface area contributed by atoms with Crippen molar-refractivity contribution in [1.82, 2.24) is 0 Å². The maximum Gasteiger partial charge on any atom is 0.118 e. The van der Waals surface area contributed by atoms with Crippen LogP contribution >= 0.6 is 0 Å². The predicted octanol–water partition coefficient (Wildman–Crippen LogP) is 2.91. The lowest BCUT2D eigenvalue weighted by molar-refractivity contribution is 0.309. The standard InChI is InChI=1S/C12H17NO/c1-8-5-11(6-8)13-10-3-4-12(14)9(2)7-10/h3-4,7-8,11,13-14H,5-6H2,1-2H3. The topological polar surface area (TPSA) is 32.3 Å². The van der Waals surface area contributed by atoms with Gasteiger partial charge in [-0.1, -0.05) is 6.92 Å². The highest BCUT2D eigenvalue weighted by Gasteiger charge is 2.24. The van der Waals surface area contributed by atoms with Gasteiger partial charge in [-0.15, -0.1) is 0 Å². The van der Waals surface area contributed by atoms with Crippen molar-refractivity contribution in [2.24, 2.45) is 5.92 Å². The number of hydrogen-bond donors (Lipinski definition) is 2. The van der Waals surface area contributed by atoms with Crippen LogP contribution in [0.15, 0.2) is 18.2 Å². The largest absolute Gasteiger partial charge is 0.508 e. The lowest BCUT2D eigenvalue weighted by Crippen LogP contribution is -2.33. The molecule has 2 rings (SSSR count). The van der Waals surface area contributed by atoms with Gasteiger partial charge in [0.25, 0.3) is 0 Å². The second-order valence-corrected chi connectivity index (χ2v) is 4.42. The van der Waals surface area contributed by atoms with E-state index in [0.29, 0.717) is 11.8 Å². The van der Waals surface area contributed by atoms with Crippen LogP contribution in [-0.4, -0.2) is 11.1 Å². The first-order valence-electron chi connectivity index (χ1n) is 5.21. The molecule has 76 valence electrons. The lowest BCUT2D eigenvalue weighted by Gasteiger charge is -2.34. The van der Waals surface area contributed by atoms with E-state index in [-0.39, 0.29) is 0 Å². The Hall–Kier alpha value is -1.18. The van der Waals surface area contributed by atoms with E-state index in [4.69, 9.17) is 0 Å². The second kappa shape index (κ2) is 3.52. The molecular formula is C12H17NO. The Balaban J connectivity index is 2.00. The first kappa shape index (κ1) is 9.38. The van der Waals surface area contributed by atoms with Gasteiger partial charge in [0.1, 0.15) is 5.75 Å². The molecule has 1 fully saturated rings. The molecule has 0 heterocycles. The van der Waals surface area contributed by atoms with Crippen molar-refractivity contribution in [2.75, 3.05) is 5.32 Å². The summed E-state index contributed by atoms with van der Waals surface area (Å²) in [6.07, 6.45) is 2.53. The van der Waals surface area contributed by atoms with Gasteiger partial charge in [-0.3, -0.25) is 0 Å². The first-order valence-corrected chi connectivity index (χ1v) is 5.21. The maximum absolute atomic E-state index is 9.36. The Morgan fingerprint density at radius 3 is 2.64 bits per heavy atom. The number of nitrogens with one attached hydrogen (secondary N) is 1. The smallest absolute Gasteiger partial charge is 0.118 e. The zero-order valence-electron chi connectivity index (χ0n) is 8.75. The van der Waals surface area contributed by atoms with Crippen molar-refractivity contribution in [1.29, 1.82) is 0 Å². The van der Waals surface area contributed by atoms with E-state index in [9.17, 15) is 5.11 Å². The summed E-state index contributed by atoms with van der Waals surface area (Å²) in [7, 11) is 0. The highest BCUT2D eigenvalue weighted by atomic mass is 16.3. The van der Waals surface area contributed by atoms with E-state index < -0.39 is 0 Å². The molecule has 2 nitrogen and oxygen atoms in total. The van der Waals surface area contributed by atoms with Gasteiger partial charge in [-0.05, 0) is 49.4 Å². The van der Waals surface area contributed by atoms with Gasteiger partial charge in [-0.2, -0.15) is 0 Å². The summed E-state index contributed by atoms with van der Waals surface area (Å²) < 4.78 is 0. The van der Waals surface area contributed by atoms with Gasteiger partial charge in [0.2, 0.25) is 0 Å². The van der Waals surface area contributed by atoms with E-state index in [1.807, 2.05) is 19.1 Å². The van der Waals surface area contributed by atoms with E-state index in [1.54, 1.807) is 6.07 Å². The van der Waals surface area contributed by atoms with E-state index in [1.165, 1.54) is 12.8 Å². The summed E-state index contributed by atoms with van der Waals surface area (Å²) in [5, 5.41) is 12.8. The zero-order valence-corrected chi connectivity index (χ0v) is 8.75. The lowest BCUT2D eigenvalue weighted by atomic mass is 9.82. The molecule has 1 saturated carbocycles. The number of rotatable bonds is 2. The fourth-order valence-electron chi connectivity index (χ4n) is 2.00. The second-order valence-electron chi connectivity index (χ2n) is 4.42. The number of aromatic hydroxyl groups is 1. The Bertz CT molecular complexity index is 329.